The van der Waals surface area contributed by atoms with Crippen LogP contribution in [0, 0.1) is 12.7 Å². The maximum atomic E-state index is 14.4. The van der Waals surface area contributed by atoms with Crippen LogP contribution in [-0.4, -0.2) is 51.2 Å². The number of hydrogen-bond donors (Lipinski definition) is 1. The molecule has 0 unspecified atom stereocenters. The molecule has 0 saturated carbocycles. The van der Waals surface area contributed by atoms with E-state index in [9.17, 15) is 4.39 Å². The molecule has 0 atom stereocenters. The van der Waals surface area contributed by atoms with E-state index < -0.39 is 0 Å². The predicted molar refractivity (Wildman–Crippen MR) is 75.9 cm³/mol. The highest BCUT2D eigenvalue weighted by Crippen LogP contribution is 2.25. The number of piperazine rings is 1. The second-order valence-electron chi connectivity index (χ2n) is 5.15. The van der Waals surface area contributed by atoms with E-state index in [4.69, 9.17) is 0 Å². The number of aromatic nitrogens is 5. The predicted octanol–water partition coefficient (Wildman–Crippen LogP) is 0.530. The average molecular weight is 287 g/mol. The highest BCUT2D eigenvalue weighted by molar-refractivity contribution is 5.83. The Morgan fingerprint density at radius 2 is 2.05 bits per heavy atom. The first-order valence-corrected chi connectivity index (χ1v) is 6.88. The van der Waals surface area contributed by atoms with Crippen LogP contribution in [0.2, 0.25) is 0 Å². The van der Waals surface area contributed by atoms with Crippen LogP contribution in [0.5, 0.6) is 0 Å². The molecule has 1 saturated heterocycles. The summed E-state index contributed by atoms with van der Waals surface area (Å²) < 4.78 is 15.8. The van der Waals surface area contributed by atoms with E-state index in [2.05, 4.69) is 30.7 Å². The highest BCUT2D eigenvalue weighted by atomic mass is 19.1. The number of nitrogens with one attached hydrogen (secondary N) is 1. The number of hydrogen-bond acceptors (Lipinski definition) is 6. The molecule has 8 heteroatoms. The van der Waals surface area contributed by atoms with Crippen molar-refractivity contribution < 1.29 is 4.39 Å². The molecule has 0 aliphatic carbocycles. The summed E-state index contributed by atoms with van der Waals surface area (Å²) in [5.41, 5.74) is 1.94. The third-order valence-corrected chi connectivity index (χ3v) is 3.81. The zero-order valence-corrected chi connectivity index (χ0v) is 11.5. The van der Waals surface area contributed by atoms with Gasteiger partial charge >= 0.3 is 0 Å². The van der Waals surface area contributed by atoms with Gasteiger partial charge in [-0.15, -0.1) is 5.10 Å². The van der Waals surface area contributed by atoms with E-state index in [1.54, 1.807) is 19.1 Å². The highest BCUT2D eigenvalue weighted by Gasteiger charge is 2.21. The molecule has 1 aliphatic heterocycles. The standard InChI is InChI=1S/C13H14FN7/c1-8-2-3-9-11(10(8)14)21-13(17-18-19-21)12(16-9)20-6-4-15-5-7-20/h2-3,15H,4-7H2,1H3. The number of benzene rings is 1. The minimum atomic E-state index is -0.329. The number of anilines is 1. The van der Waals surface area contributed by atoms with Crippen molar-refractivity contribution in [2.45, 2.75) is 6.92 Å². The minimum absolute atomic E-state index is 0.328. The van der Waals surface area contributed by atoms with Crippen molar-refractivity contribution in [2.24, 2.45) is 0 Å². The Labute approximate surface area is 119 Å². The van der Waals surface area contributed by atoms with Crippen molar-refractivity contribution in [1.29, 1.82) is 0 Å². The summed E-state index contributed by atoms with van der Waals surface area (Å²) in [4.78, 5) is 6.72. The number of tetrazole rings is 1. The summed E-state index contributed by atoms with van der Waals surface area (Å²) in [7, 11) is 0. The molecule has 1 aliphatic rings. The normalized spacial score (nSPS) is 16.0. The molecule has 4 rings (SSSR count). The second kappa shape index (κ2) is 4.59. The Morgan fingerprint density at radius 1 is 1.24 bits per heavy atom. The molecule has 1 aromatic carbocycles. The van der Waals surface area contributed by atoms with Gasteiger partial charge in [-0.05, 0) is 29.0 Å². The van der Waals surface area contributed by atoms with Gasteiger partial charge in [-0.1, -0.05) is 6.07 Å². The summed E-state index contributed by atoms with van der Waals surface area (Å²) >= 11 is 0. The van der Waals surface area contributed by atoms with Crippen LogP contribution in [0.3, 0.4) is 0 Å². The molecule has 3 aromatic rings. The van der Waals surface area contributed by atoms with Crippen molar-refractivity contribution >= 4 is 22.5 Å². The number of fused-ring (bicyclic) bond motifs is 3. The molecule has 3 heterocycles. The largest absolute Gasteiger partial charge is 0.351 e. The van der Waals surface area contributed by atoms with Crippen LogP contribution < -0.4 is 10.2 Å². The lowest BCUT2D eigenvalue weighted by Gasteiger charge is -2.28. The zero-order chi connectivity index (χ0) is 14.4. The SMILES string of the molecule is Cc1ccc2nc(N3CCNCC3)c3nnnn3c2c1F. The summed E-state index contributed by atoms with van der Waals surface area (Å²) in [5, 5.41) is 14.9. The van der Waals surface area contributed by atoms with Crippen molar-refractivity contribution in [1.82, 2.24) is 30.3 Å². The van der Waals surface area contributed by atoms with Crippen LogP contribution in [-0.2, 0) is 0 Å². The Hall–Kier alpha value is -2.35. The molecule has 2 aromatic heterocycles. The van der Waals surface area contributed by atoms with Gasteiger partial charge in [-0.25, -0.2) is 9.37 Å². The van der Waals surface area contributed by atoms with Gasteiger partial charge in [0.1, 0.15) is 5.52 Å². The Bertz CT molecular complexity index is 822. The van der Waals surface area contributed by atoms with E-state index >= 15 is 0 Å². The van der Waals surface area contributed by atoms with Crippen LogP contribution in [0.4, 0.5) is 10.2 Å². The zero-order valence-electron chi connectivity index (χ0n) is 11.5. The van der Waals surface area contributed by atoms with Gasteiger partial charge < -0.3 is 10.2 Å². The van der Waals surface area contributed by atoms with E-state index in [0.29, 0.717) is 28.1 Å². The van der Waals surface area contributed by atoms with Gasteiger partial charge in [-0.3, -0.25) is 0 Å². The fourth-order valence-electron chi connectivity index (χ4n) is 2.68. The Balaban J connectivity index is 2.03. The van der Waals surface area contributed by atoms with E-state index in [0.717, 1.165) is 26.2 Å². The fourth-order valence-corrected chi connectivity index (χ4v) is 2.68. The number of halogens is 1. The summed E-state index contributed by atoms with van der Waals surface area (Å²) in [5.74, 6) is 0.376. The van der Waals surface area contributed by atoms with Gasteiger partial charge in [0.05, 0.1) is 5.52 Å². The van der Waals surface area contributed by atoms with Crippen LogP contribution in [0.15, 0.2) is 12.1 Å². The first kappa shape index (κ1) is 12.4. The molecule has 0 spiro atoms. The van der Waals surface area contributed by atoms with E-state index in [1.165, 1.54) is 4.52 Å². The van der Waals surface area contributed by atoms with Crippen molar-refractivity contribution in [3.05, 3.63) is 23.5 Å². The topological polar surface area (TPSA) is 71.2 Å². The molecular weight excluding hydrogens is 273 g/mol. The molecule has 7 nitrogen and oxygen atoms in total. The van der Waals surface area contributed by atoms with E-state index in [-0.39, 0.29) is 5.82 Å². The molecule has 0 bridgehead atoms. The summed E-state index contributed by atoms with van der Waals surface area (Å²) in [6, 6.07) is 3.53. The van der Waals surface area contributed by atoms with Crippen molar-refractivity contribution in [3.8, 4) is 0 Å². The lowest BCUT2D eigenvalue weighted by atomic mass is 10.2. The number of aryl methyl sites for hydroxylation is 1. The molecule has 1 fully saturated rings. The molecule has 0 radical (unpaired) electrons. The molecule has 0 amide bonds. The van der Waals surface area contributed by atoms with Crippen LogP contribution >= 0.6 is 0 Å². The maximum absolute atomic E-state index is 14.4. The Kier molecular flexibility index (Phi) is 2.71. The summed E-state index contributed by atoms with van der Waals surface area (Å²) in [6.45, 7) is 5.14. The maximum Gasteiger partial charge on any atom is 0.222 e. The first-order chi connectivity index (χ1) is 10.3. The van der Waals surface area contributed by atoms with Gasteiger partial charge in [0.2, 0.25) is 5.65 Å². The molecule has 108 valence electrons. The smallest absolute Gasteiger partial charge is 0.222 e. The van der Waals surface area contributed by atoms with Crippen LogP contribution in [0.1, 0.15) is 5.56 Å². The van der Waals surface area contributed by atoms with Crippen molar-refractivity contribution in [3.63, 3.8) is 0 Å². The first-order valence-electron chi connectivity index (χ1n) is 6.88. The van der Waals surface area contributed by atoms with Gasteiger partial charge in [-0.2, -0.15) is 4.52 Å². The second-order valence-corrected chi connectivity index (χ2v) is 5.15. The summed E-state index contributed by atoms with van der Waals surface area (Å²) in [6.07, 6.45) is 0. The fraction of sp³-hybridized carbons (Fsp3) is 0.385. The molecule has 1 N–H and O–H groups in total. The molecular formula is C13H14FN7. The number of rotatable bonds is 1. The monoisotopic (exact) mass is 287 g/mol. The van der Waals surface area contributed by atoms with Gasteiger partial charge in [0.25, 0.3) is 0 Å². The van der Waals surface area contributed by atoms with E-state index in [1.807, 2.05) is 0 Å². The lowest BCUT2D eigenvalue weighted by Crippen LogP contribution is -2.44. The quantitative estimate of drug-likeness (QED) is 0.704. The minimum Gasteiger partial charge on any atom is -0.351 e. The number of nitrogens with zero attached hydrogens (tertiary/aromatic N) is 6. The van der Waals surface area contributed by atoms with Gasteiger partial charge in [0.15, 0.2) is 11.6 Å². The Morgan fingerprint density at radius 3 is 2.86 bits per heavy atom. The van der Waals surface area contributed by atoms with Gasteiger partial charge in [0, 0.05) is 26.2 Å². The van der Waals surface area contributed by atoms with Crippen LogP contribution in [0.25, 0.3) is 16.7 Å². The average Bonchev–Trinajstić information content (AvgIpc) is 3.00. The third-order valence-electron chi connectivity index (χ3n) is 3.81. The van der Waals surface area contributed by atoms with Crippen molar-refractivity contribution in [2.75, 3.05) is 31.1 Å². The third kappa shape index (κ3) is 1.83. The lowest BCUT2D eigenvalue weighted by molar-refractivity contribution is 0.585. The molecule has 21 heavy (non-hydrogen) atoms.